The Hall–Kier alpha value is -1.71. The Balaban J connectivity index is 0.00000242. The van der Waals surface area contributed by atoms with Gasteiger partial charge in [0.25, 0.3) is 0 Å². The highest BCUT2D eigenvalue weighted by molar-refractivity contribution is 7.98. The summed E-state index contributed by atoms with van der Waals surface area (Å²) in [5, 5.41) is 9.82. The van der Waals surface area contributed by atoms with E-state index < -0.39 is 0 Å². The second-order valence-electron chi connectivity index (χ2n) is 4.68. The third-order valence-corrected chi connectivity index (χ3v) is 3.97. The van der Waals surface area contributed by atoms with Crippen molar-refractivity contribution in [3.8, 4) is 6.07 Å². The molecule has 0 bridgehead atoms. The van der Waals surface area contributed by atoms with E-state index in [1.54, 1.807) is 13.0 Å². The number of carbonyl (C=O) groups excluding carboxylic acids is 1. The Morgan fingerprint density at radius 1 is 1.41 bits per heavy atom. The molecule has 0 saturated carbocycles. The topological polar surface area (TPSA) is 57.6 Å². The molecule has 2 aromatic rings. The minimum absolute atomic E-state index is 0. The second kappa shape index (κ2) is 8.06. The first-order valence-electron chi connectivity index (χ1n) is 6.50. The van der Waals surface area contributed by atoms with Gasteiger partial charge in [-0.1, -0.05) is 6.07 Å². The molecule has 0 atom stereocenters. The molecular weight excluding hydrogens is 362 g/mol. The first kappa shape index (κ1) is 18.3. The zero-order valence-corrected chi connectivity index (χ0v) is 15.0. The van der Waals surface area contributed by atoms with Crippen LogP contribution in [-0.2, 0) is 6.54 Å². The zero-order valence-electron chi connectivity index (χ0n) is 12.6. The van der Waals surface area contributed by atoms with E-state index in [4.69, 9.17) is 5.26 Å². The summed E-state index contributed by atoms with van der Waals surface area (Å²) in [6, 6.07) is 9.53. The fourth-order valence-electron chi connectivity index (χ4n) is 2.08. The third kappa shape index (κ3) is 3.93. The van der Waals surface area contributed by atoms with Crippen LogP contribution in [-0.4, -0.2) is 17.0 Å². The Kier molecular flexibility index (Phi) is 6.72. The summed E-state index contributed by atoms with van der Waals surface area (Å²) in [7, 11) is 0. The molecule has 6 heteroatoms. The number of pyridine rings is 2. The lowest BCUT2D eigenvalue weighted by Crippen LogP contribution is -3.00. The molecule has 0 N–H and O–H groups in total. The van der Waals surface area contributed by atoms with Gasteiger partial charge in [-0.25, -0.2) is 4.98 Å². The number of rotatable bonds is 4. The molecule has 0 aliphatic heterocycles. The van der Waals surface area contributed by atoms with Gasteiger partial charge < -0.3 is 17.0 Å². The Labute approximate surface area is 145 Å². The van der Waals surface area contributed by atoms with Gasteiger partial charge >= 0.3 is 0 Å². The molecule has 0 spiro atoms. The molecule has 0 aliphatic carbocycles. The summed E-state index contributed by atoms with van der Waals surface area (Å²) in [5.41, 5.74) is 2.64. The van der Waals surface area contributed by atoms with E-state index in [1.165, 1.54) is 11.8 Å². The molecule has 2 aromatic heterocycles. The lowest BCUT2D eigenvalue weighted by atomic mass is 10.1. The molecule has 0 aromatic carbocycles. The van der Waals surface area contributed by atoms with E-state index in [-0.39, 0.29) is 29.3 Å². The van der Waals surface area contributed by atoms with Crippen molar-refractivity contribution in [1.29, 1.82) is 5.26 Å². The van der Waals surface area contributed by atoms with Crippen molar-refractivity contribution in [3.05, 3.63) is 53.0 Å². The van der Waals surface area contributed by atoms with Crippen LogP contribution in [0.3, 0.4) is 0 Å². The highest BCUT2D eigenvalue weighted by atomic mass is 79.9. The lowest BCUT2D eigenvalue weighted by Gasteiger charge is -2.07. The predicted octanol–water partition coefficient (Wildman–Crippen LogP) is -0.534. The fraction of sp³-hybridized carbons (Fsp3) is 0.250. The smallest absolute Gasteiger partial charge is 0.229 e. The fourth-order valence-corrected chi connectivity index (χ4v) is 2.63. The van der Waals surface area contributed by atoms with Crippen LogP contribution in [0.25, 0.3) is 0 Å². The number of aryl methyl sites for hydroxylation is 2. The minimum atomic E-state index is -0.0385. The van der Waals surface area contributed by atoms with E-state index in [2.05, 4.69) is 11.1 Å². The van der Waals surface area contributed by atoms with Crippen molar-refractivity contribution < 1.29 is 26.3 Å². The summed E-state index contributed by atoms with van der Waals surface area (Å²) in [6.07, 6.45) is 3.74. The maximum atomic E-state index is 12.5. The summed E-state index contributed by atoms with van der Waals surface area (Å²) < 4.78 is 1.89. The Bertz CT molecular complexity index is 741. The van der Waals surface area contributed by atoms with E-state index >= 15 is 0 Å². The Morgan fingerprint density at radius 3 is 2.73 bits per heavy atom. The first-order chi connectivity index (χ1) is 10.1. The van der Waals surface area contributed by atoms with Crippen molar-refractivity contribution in [2.24, 2.45) is 0 Å². The highest BCUT2D eigenvalue weighted by Gasteiger charge is 2.19. The second-order valence-corrected chi connectivity index (χ2v) is 5.48. The number of hydrogen-bond acceptors (Lipinski definition) is 4. The van der Waals surface area contributed by atoms with Crippen LogP contribution in [0, 0.1) is 25.2 Å². The maximum absolute atomic E-state index is 12.5. The average molecular weight is 378 g/mol. The molecule has 0 unspecified atom stereocenters. The Morgan fingerprint density at radius 2 is 2.14 bits per heavy atom. The summed E-state index contributed by atoms with van der Waals surface area (Å²) in [5.74, 6) is -0.0385. The standard InChI is InChI=1S/C16H16N3OS.BrH/c1-11-6-4-5-7-19(11)10-15(20)14-8-13(9-17)16(21-3)18-12(14)2;/h4-8H,10H2,1-3H3;1H/q+1;/p-1. The van der Waals surface area contributed by atoms with Crippen LogP contribution in [0.1, 0.15) is 27.3 Å². The van der Waals surface area contributed by atoms with E-state index in [0.717, 1.165) is 5.69 Å². The molecule has 114 valence electrons. The van der Waals surface area contributed by atoms with Crippen molar-refractivity contribution in [3.63, 3.8) is 0 Å². The molecule has 2 rings (SSSR count). The molecule has 4 nitrogen and oxygen atoms in total. The normalized spacial score (nSPS) is 9.73. The summed E-state index contributed by atoms with van der Waals surface area (Å²) in [4.78, 5) is 16.8. The van der Waals surface area contributed by atoms with E-state index in [0.29, 0.717) is 21.8 Å². The molecule has 0 fully saturated rings. The monoisotopic (exact) mass is 377 g/mol. The van der Waals surface area contributed by atoms with Gasteiger partial charge in [-0.15, -0.1) is 11.8 Å². The molecule has 0 aliphatic rings. The number of carbonyl (C=O) groups is 1. The number of nitrogens with zero attached hydrogens (tertiary/aromatic N) is 3. The van der Waals surface area contributed by atoms with Crippen molar-refractivity contribution in [2.45, 2.75) is 25.4 Å². The van der Waals surface area contributed by atoms with Gasteiger partial charge in [-0.3, -0.25) is 4.79 Å². The zero-order chi connectivity index (χ0) is 15.4. The third-order valence-electron chi connectivity index (χ3n) is 3.27. The lowest BCUT2D eigenvalue weighted by molar-refractivity contribution is -0.689. The van der Waals surface area contributed by atoms with Gasteiger partial charge in [-0.2, -0.15) is 9.83 Å². The van der Waals surface area contributed by atoms with Crippen molar-refractivity contribution in [1.82, 2.24) is 4.98 Å². The van der Waals surface area contributed by atoms with E-state index in [9.17, 15) is 4.79 Å². The van der Waals surface area contributed by atoms with Crippen LogP contribution in [0.4, 0.5) is 0 Å². The molecule has 2 heterocycles. The number of thioether (sulfide) groups is 1. The quantitative estimate of drug-likeness (QED) is 0.408. The molecule has 0 saturated heterocycles. The van der Waals surface area contributed by atoms with Gasteiger partial charge in [0.05, 0.1) is 5.56 Å². The number of halogens is 1. The van der Waals surface area contributed by atoms with Crippen molar-refractivity contribution >= 4 is 17.5 Å². The van der Waals surface area contributed by atoms with Crippen LogP contribution < -0.4 is 21.5 Å². The maximum Gasteiger partial charge on any atom is 0.229 e. The number of Topliss-reactive ketones (excluding diaryl/α,β-unsaturated/α-hetero) is 1. The number of hydrogen-bond donors (Lipinski definition) is 0. The largest absolute Gasteiger partial charge is 1.00 e. The van der Waals surface area contributed by atoms with Gasteiger partial charge in [0.2, 0.25) is 12.3 Å². The van der Waals surface area contributed by atoms with Crippen LogP contribution in [0.15, 0.2) is 35.5 Å². The van der Waals surface area contributed by atoms with Crippen LogP contribution in [0.2, 0.25) is 0 Å². The molecule has 0 radical (unpaired) electrons. The van der Waals surface area contributed by atoms with Gasteiger partial charge in [0, 0.05) is 30.3 Å². The summed E-state index contributed by atoms with van der Waals surface area (Å²) >= 11 is 1.41. The first-order valence-corrected chi connectivity index (χ1v) is 7.73. The SMILES string of the molecule is CSc1nc(C)c(C(=O)C[n+]2ccccc2C)cc1C#N.[Br-]. The minimum Gasteiger partial charge on any atom is -1.00 e. The van der Waals surface area contributed by atoms with Crippen molar-refractivity contribution in [2.75, 3.05) is 6.26 Å². The van der Waals surface area contributed by atoms with Gasteiger partial charge in [0.1, 0.15) is 11.1 Å². The van der Waals surface area contributed by atoms with E-state index in [1.807, 2.05) is 42.1 Å². The van der Waals surface area contributed by atoms with Crippen LogP contribution in [0.5, 0.6) is 0 Å². The molecule has 0 amide bonds. The van der Waals surface area contributed by atoms with Crippen LogP contribution >= 0.6 is 11.8 Å². The average Bonchev–Trinajstić information content (AvgIpc) is 2.49. The number of nitriles is 1. The highest BCUT2D eigenvalue weighted by Crippen LogP contribution is 2.20. The number of aromatic nitrogens is 2. The summed E-state index contributed by atoms with van der Waals surface area (Å²) in [6.45, 7) is 4.01. The predicted molar refractivity (Wildman–Crippen MR) is 81.2 cm³/mol. The van der Waals surface area contributed by atoms with Gasteiger partial charge in [-0.05, 0) is 19.2 Å². The molecule has 22 heavy (non-hydrogen) atoms. The van der Waals surface area contributed by atoms with Gasteiger partial charge in [0.15, 0.2) is 11.9 Å². The molecular formula is C16H16BrN3OS. The number of ketones is 1.